The standard InChI is InChI=1S/C17H22N2O2/c1-2-21-17(20)16-13-14-7-3-4-8-15(14)19(16)12-11-18-9-5-6-10-18/h3-4,7-8,13H,2,5-6,9-12H2,1H3. The van der Waals surface area contributed by atoms with E-state index in [0.717, 1.165) is 24.0 Å². The number of rotatable bonds is 5. The lowest BCUT2D eigenvalue weighted by Crippen LogP contribution is -2.25. The number of fused-ring (bicyclic) bond motifs is 1. The fourth-order valence-corrected chi connectivity index (χ4v) is 3.07. The highest BCUT2D eigenvalue weighted by molar-refractivity contribution is 5.95. The van der Waals surface area contributed by atoms with Crippen LogP contribution in [0.1, 0.15) is 30.3 Å². The summed E-state index contributed by atoms with van der Waals surface area (Å²) in [5.41, 5.74) is 1.77. The van der Waals surface area contributed by atoms with Gasteiger partial charge in [0.05, 0.1) is 6.61 Å². The van der Waals surface area contributed by atoms with Crippen LogP contribution >= 0.6 is 0 Å². The lowest BCUT2D eigenvalue weighted by atomic mass is 10.2. The summed E-state index contributed by atoms with van der Waals surface area (Å²) in [5, 5.41) is 1.10. The zero-order chi connectivity index (χ0) is 14.7. The Hall–Kier alpha value is -1.81. The van der Waals surface area contributed by atoms with Crippen LogP contribution in [0.5, 0.6) is 0 Å². The third kappa shape index (κ3) is 2.95. The molecule has 0 bridgehead atoms. The summed E-state index contributed by atoms with van der Waals surface area (Å²) in [6.07, 6.45) is 2.58. The second-order valence-electron chi connectivity index (χ2n) is 5.51. The van der Waals surface area contributed by atoms with Crippen molar-refractivity contribution < 1.29 is 9.53 Å². The second-order valence-corrected chi connectivity index (χ2v) is 5.51. The zero-order valence-corrected chi connectivity index (χ0v) is 12.5. The van der Waals surface area contributed by atoms with Gasteiger partial charge in [-0.1, -0.05) is 18.2 Å². The smallest absolute Gasteiger partial charge is 0.354 e. The molecule has 1 fully saturated rings. The normalized spacial score (nSPS) is 15.7. The predicted octanol–water partition coefficient (Wildman–Crippen LogP) is 2.91. The first kappa shape index (κ1) is 14.1. The van der Waals surface area contributed by atoms with Gasteiger partial charge in [-0.25, -0.2) is 4.79 Å². The van der Waals surface area contributed by atoms with Gasteiger partial charge in [0.25, 0.3) is 0 Å². The Morgan fingerprint density at radius 1 is 1.19 bits per heavy atom. The van der Waals surface area contributed by atoms with E-state index in [2.05, 4.69) is 15.5 Å². The SMILES string of the molecule is CCOC(=O)c1cc2ccccc2n1CCN1CCCC1. The molecule has 1 saturated heterocycles. The van der Waals surface area contributed by atoms with Crippen LogP contribution in [0, 0.1) is 0 Å². The number of carbonyl (C=O) groups excluding carboxylic acids is 1. The molecule has 0 spiro atoms. The molecule has 4 nitrogen and oxygen atoms in total. The Labute approximate surface area is 125 Å². The molecule has 1 aromatic carbocycles. The summed E-state index contributed by atoms with van der Waals surface area (Å²) in [6.45, 7) is 6.43. The predicted molar refractivity (Wildman–Crippen MR) is 83.6 cm³/mol. The van der Waals surface area contributed by atoms with Crippen molar-refractivity contribution in [1.29, 1.82) is 0 Å². The highest BCUT2D eigenvalue weighted by Gasteiger charge is 2.18. The van der Waals surface area contributed by atoms with E-state index >= 15 is 0 Å². The highest BCUT2D eigenvalue weighted by atomic mass is 16.5. The summed E-state index contributed by atoms with van der Waals surface area (Å²) >= 11 is 0. The van der Waals surface area contributed by atoms with Gasteiger partial charge in [-0.3, -0.25) is 0 Å². The number of likely N-dealkylation sites (tertiary alicyclic amines) is 1. The molecule has 0 radical (unpaired) electrons. The van der Waals surface area contributed by atoms with E-state index < -0.39 is 0 Å². The molecular weight excluding hydrogens is 264 g/mol. The lowest BCUT2D eigenvalue weighted by Gasteiger charge is -2.17. The van der Waals surface area contributed by atoms with Gasteiger partial charge < -0.3 is 14.2 Å². The van der Waals surface area contributed by atoms with Gasteiger partial charge in [0.2, 0.25) is 0 Å². The van der Waals surface area contributed by atoms with E-state index in [1.807, 2.05) is 31.2 Å². The van der Waals surface area contributed by atoms with Crippen molar-refractivity contribution in [3.63, 3.8) is 0 Å². The molecule has 1 aromatic heterocycles. The summed E-state index contributed by atoms with van der Waals surface area (Å²) in [7, 11) is 0. The Kier molecular flexibility index (Phi) is 4.25. The van der Waals surface area contributed by atoms with E-state index in [1.54, 1.807) is 0 Å². The van der Waals surface area contributed by atoms with Crippen LogP contribution in [0.3, 0.4) is 0 Å². The average molecular weight is 286 g/mol. The number of benzene rings is 1. The molecule has 4 heteroatoms. The zero-order valence-electron chi connectivity index (χ0n) is 12.5. The van der Waals surface area contributed by atoms with Gasteiger partial charge in [0, 0.05) is 24.0 Å². The largest absolute Gasteiger partial charge is 0.461 e. The molecule has 0 unspecified atom stereocenters. The number of hydrogen-bond donors (Lipinski definition) is 0. The van der Waals surface area contributed by atoms with E-state index in [0.29, 0.717) is 12.3 Å². The maximum absolute atomic E-state index is 12.2. The quantitative estimate of drug-likeness (QED) is 0.793. The van der Waals surface area contributed by atoms with Crippen LogP contribution in [-0.4, -0.2) is 41.7 Å². The number of para-hydroxylation sites is 1. The number of ether oxygens (including phenoxy) is 1. The van der Waals surface area contributed by atoms with Crippen LogP contribution in [0.2, 0.25) is 0 Å². The van der Waals surface area contributed by atoms with Crippen molar-refractivity contribution in [1.82, 2.24) is 9.47 Å². The average Bonchev–Trinajstić information content (AvgIpc) is 3.12. The third-order valence-electron chi connectivity index (χ3n) is 4.13. The molecule has 0 saturated carbocycles. The molecule has 112 valence electrons. The van der Waals surface area contributed by atoms with Crippen LogP contribution < -0.4 is 0 Å². The monoisotopic (exact) mass is 286 g/mol. The fourth-order valence-electron chi connectivity index (χ4n) is 3.07. The van der Waals surface area contributed by atoms with Gasteiger partial charge in [-0.15, -0.1) is 0 Å². The van der Waals surface area contributed by atoms with E-state index in [4.69, 9.17) is 4.74 Å². The maximum atomic E-state index is 12.2. The van der Waals surface area contributed by atoms with Crippen LogP contribution in [0.15, 0.2) is 30.3 Å². The first-order chi connectivity index (χ1) is 10.3. The van der Waals surface area contributed by atoms with Crippen molar-refractivity contribution in [2.45, 2.75) is 26.3 Å². The van der Waals surface area contributed by atoms with Crippen LogP contribution in [0.4, 0.5) is 0 Å². The van der Waals surface area contributed by atoms with E-state index in [1.165, 1.54) is 25.9 Å². The molecule has 1 aliphatic rings. The Morgan fingerprint density at radius 3 is 2.71 bits per heavy atom. The number of aromatic nitrogens is 1. The molecular formula is C17H22N2O2. The van der Waals surface area contributed by atoms with Crippen molar-refractivity contribution in [3.8, 4) is 0 Å². The van der Waals surface area contributed by atoms with Gasteiger partial charge in [-0.05, 0) is 45.0 Å². The first-order valence-corrected chi connectivity index (χ1v) is 7.77. The second kappa shape index (κ2) is 6.31. The lowest BCUT2D eigenvalue weighted by molar-refractivity contribution is 0.0513. The molecule has 21 heavy (non-hydrogen) atoms. The minimum Gasteiger partial charge on any atom is -0.461 e. The first-order valence-electron chi connectivity index (χ1n) is 7.77. The molecule has 2 heterocycles. The molecule has 0 N–H and O–H groups in total. The molecule has 0 atom stereocenters. The minimum absolute atomic E-state index is 0.227. The summed E-state index contributed by atoms with van der Waals surface area (Å²) in [6, 6.07) is 10.1. The topological polar surface area (TPSA) is 34.5 Å². The van der Waals surface area contributed by atoms with Gasteiger partial charge in [0.1, 0.15) is 5.69 Å². The third-order valence-corrected chi connectivity index (χ3v) is 4.13. The molecule has 0 aliphatic carbocycles. The summed E-state index contributed by atoms with van der Waals surface area (Å²) in [4.78, 5) is 14.6. The molecule has 1 aliphatic heterocycles. The van der Waals surface area contributed by atoms with Crippen molar-refractivity contribution in [2.75, 3.05) is 26.2 Å². The molecule has 3 rings (SSSR count). The van der Waals surface area contributed by atoms with Crippen molar-refractivity contribution in [2.24, 2.45) is 0 Å². The molecule has 2 aromatic rings. The van der Waals surface area contributed by atoms with E-state index in [-0.39, 0.29) is 5.97 Å². The summed E-state index contributed by atoms with van der Waals surface area (Å²) < 4.78 is 7.30. The maximum Gasteiger partial charge on any atom is 0.354 e. The Bertz CT molecular complexity index is 627. The van der Waals surface area contributed by atoms with Crippen LogP contribution in [-0.2, 0) is 11.3 Å². The highest BCUT2D eigenvalue weighted by Crippen LogP contribution is 2.21. The van der Waals surface area contributed by atoms with Crippen LogP contribution in [0.25, 0.3) is 10.9 Å². The van der Waals surface area contributed by atoms with Crippen molar-refractivity contribution >= 4 is 16.9 Å². The number of esters is 1. The Morgan fingerprint density at radius 2 is 1.95 bits per heavy atom. The Balaban J connectivity index is 1.88. The summed E-state index contributed by atoms with van der Waals surface area (Å²) in [5.74, 6) is -0.227. The van der Waals surface area contributed by atoms with Gasteiger partial charge in [-0.2, -0.15) is 0 Å². The van der Waals surface area contributed by atoms with Gasteiger partial charge in [0.15, 0.2) is 0 Å². The van der Waals surface area contributed by atoms with Crippen molar-refractivity contribution in [3.05, 3.63) is 36.0 Å². The van der Waals surface area contributed by atoms with Gasteiger partial charge >= 0.3 is 5.97 Å². The van der Waals surface area contributed by atoms with E-state index in [9.17, 15) is 4.79 Å². The fraction of sp³-hybridized carbons (Fsp3) is 0.471. The number of hydrogen-bond acceptors (Lipinski definition) is 3. The number of nitrogens with zero attached hydrogens (tertiary/aromatic N) is 2. The number of carbonyl (C=O) groups is 1. The minimum atomic E-state index is -0.227. The molecule has 0 amide bonds.